The molecule has 0 amide bonds. The van der Waals surface area contributed by atoms with Gasteiger partial charge in [-0.15, -0.1) is 0 Å². The fraction of sp³-hybridized carbons (Fsp3) is 0.391. The van der Waals surface area contributed by atoms with Crippen molar-refractivity contribution in [3.63, 3.8) is 0 Å². The second kappa shape index (κ2) is 9.67. The molecule has 168 valence electrons. The van der Waals surface area contributed by atoms with Crippen LogP contribution in [0, 0.1) is 0 Å². The molecule has 9 nitrogen and oxygen atoms in total. The summed E-state index contributed by atoms with van der Waals surface area (Å²) in [5.74, 6) is 0.798. The van der Waals surface area contributed by atoms with E-state index in [2.05, 4.69) is 44.0 Å². The average Bonchev–Trinajstić information content (AvgIpc) is 2.81. The molecule has 1 fully saturated rings. The van der Waals surface area contributed by atoms with Gasteiger partial charge >= 0.3 is 11.6 Å². The normalized spacial score (nSPS) is 14.8. The number of aromatic amines is 1. The highest BCUT2D eigenvalue weighted by Gasteiger charge is 2.20. The quantitative estimate of drug-likeness (QED) is 0.359. The van der Waals surface area contributed by atoms with Gasteiger partial charge in [0.2, 0.25) is 5.71 Å². The molecule has 0 bridgehead atoms. The largest absolute Gasteiger partial charge is 0.403 e. The molecule has 0 radical (unpaired) electrons. The summed E-state index contributed by atoms with van der Waals surface area (Å²) in [7, 11) is 0. The highest BCUT2D eigenvalue weighted by molar-refractivity contribution is 5.82. The topological polar surface area (TPSA) is 104 Å². The van der Waals surface area contributed by atoms with Gasteiger partial charge in [0.05, 0.1) is 0 Å². The Labute approximate surface area is 185 Å². The zero-order valence-corrected chi connectivity index (χ0v) is 18.3. The Morgan fingerprint density at radius 2 is 1.91 bits per heavy atom. The smallest absolute Gasteiger partial charge is 0.337 e. The highest BCUT2D eigenvalue weighted by Crippen LogP contribution is 2.17. The van der Waals surface area contributed by atoms with Crippen LogP contribution in [0.25, 0.3) is 11.1 Å². The maximum atomic E-state index is 12.5. The number of hydrogen-bond donors (Lipinski definition) is 1. The molecule has 0 spiro atoms. The minimum absolute atomic E-state index is 0.0446. The maximum absolute atomic E-state index is 12.5. The number of rotatable bonds is 6. The van der Waals surface area contributed by atoms with Crippen molar-refractivity contribution in [2.24, 2.45) is 5.16 Å². The molecule has 1 saturated heterocycles. The van der Waals surface area contributed by atoms with Gasteiger partial charge in [0.15, 0.2) is 0 Å². The third kappa shape index (κ3) is 4.66. The Kier molecular flexibility index (Phi) is 6.53. The molecule has 9 heteroatoms. The fourth-order valence-electron chi connectivity index (χ4n) is 3.89. The molecule has 3 aromatic rings. The number of aromatic nitrogens is 2. The Hall–Kier alpha value is -3.62. The summed E-state index contributed by atoms with van der Waals surface area (Å²) in [6.07, 6.45) is 2.15. The molecule has 0 unspecified atom stereocenters. The highest BCUT2D eigenvalue weighted by atomic mass is 16.6. The second-order valence-corrected chi connectivity index (χ2v) is 7.65. The first-order valence-electron chi connectivity index (χ1n) is 10.9. The summed E-state index contributed by atoms with van der Waals surface area (Å²) in [5.41, 5.74) is 0.780. The number of anilines is 1. The first-order valence-corrected chi connectivity index (χ1v) is 10.9. The van der Waals surface area contributed by atoms with Crippen molar-refractivity contribution < 1.29 is 9.25 Å². The van der Waals surface area contributed by atoms with Crippen LogP contribution in [0.5, 0.6) is 6.01 Å². The Morgan fingerprint density at radius 3 is 2.59 bits per heavy atom. The number of amidine groups is 1. The van der Waals surface area contributed by atoms with Crippen molar-refractivity contribution in [3.8, 4) is 6.01 Å². The molecule has 1 N–H and O–H groups in total. The van der Waals surface area contributed by atoms with Crippen LogP contribution < -0.4 is 20.9 Å². The standard InChI is InChI=1S/C23H27N5O4/c1-3-8-18(28-13-11-27(12-14-28)17-9-6-5-7-10-17)26-32-23-24-21(30)20-16(4-2)15-19(29)31-22(20)25-23/h5-7,9-10,15H,3-4,8,11-14H2,1-2H3,(H,24,25,30)/b26-18-. The lowest BCUT2D eigenvalue weighted by molar-refractivity contribution is 0.288. The van der Waals surface area contributed by atoms with Gasteiger partial charge in [0.25, 0.3) is 5.56 Å². The minimum atomic E-state index is -0.551. The second-order valence-electron chi connectivity index (χ2n) is 7.65. The number of fused-ring (bicyclic) bond motifs is 1. The summed E-state index contributed by atoms with van der Waals surface area (Å²) >= 11 is 0. The summed E-state index contributed by atoms with van der Waals surface area (Å²) in [4.78, 5) is 41.1. The van der Waals surface area contributed by atoms with Crippen molar-refractivity contribution in [2.45, 2.75) is 33.1 Å². The summed E-state index contributed by atoms with van der Waals surface area (Å²) < 4.78 is 5.12. The van der Waals surface area contributed by atoms with E-state index in [0.717, 1.165) is 44.9 Å². The number of piperazine rings is 1. The van der Waals surface area contributed by atoms with Crippen LogP contribution >= 0.6 is 0 Å². The number of H-pyrrole nitrogens is 1. The van der Waals surface area contributed by atoms with E-state index in [9.17, 15) is 9.59 Å². The molecule has 0 saturated carbocycles. The van der Waals surface area contributed by atoms with Gasteiger partial charge in [-0.25, -0.2) is 4.79 Å². The third-order valence-electron chi connectivity index (χ3n) is 5.53. The number of nitrogens with zero attached hydrogens (tertiary/aromatic N) is 4. The van der Waals surface area contributed by atoms with Crippen molar-refractivity contribution >= 4 is 22.6 Å². The van der Waals surface area contributed by atoms with Gasteiger partial charge in [-0.3, -0.25) is 9.78 Å². The molecule has 1 aliphatic rings. The van der Waals surface area contributed by atoms with Crippen molar-refractivity contribution in [2.75, 3.05) is 31.1 Å². The maximum Gasteiger partial charge on any atom is 0.337 e. The van der Waals surface area contributed by atoms with Crippen LogP contribution in [0.3, 0.4) is 0 Å². The SMILES string of the molecule is CCC/C(=N/Oc1nc2oc(=O)cc(CC)c2c(=O)[nH]1)N1CCN(c2ccccc2)CC1. The number of para-hydroxylation sites is 1. The lowest BCUT2D eigenvalue weighted by Crippen LogP contribution is -2.49. The van der Waals surface area contributed by atoms with Gasteiger partial charge in [-0.1, -0.05) is 37.2 Å². The number of benzene rings is 1. The van der Waals surface area contributed by atoms with E-state index in [4.69, 9.17) is 9.25 Å². The predicted molar refractivity (Wildman–Crippen MR) is 123 cm³/mol. The molecule has 1 aromatic carbocycles. The molecular formula is C23H27N5O4. The fourth-order valence-corrected chi connectivity index (χ4v) is 3.89. The first kappa shape index (κ1) is 21.6. The van der Waals surface area contributed by atoms with Crippen LogP contribution in [0.4, 0.5) is 5.69 Å². The monoisotopic (exact) mass is 437 g/mol. The molecule has 2 aromatic heterocycles. The summed E-state index contributed by atoms with van der Waals surface area (Å²) in [6, 6.07) is 11.5. The Balaban J connectivity index is 1.52. The lowest BCUT2D eigenvalue weighted by atomic mass is 10.1. The van der Waals surface area contributed by atoms with Gasteiger partial charge in [-0.05, 0) is 30.5 Å². The van der Waals surface area contributed by atoms with Crippen LogP contribution in [0.15, 0.2) is 55.6 Å². The zero-order chi connectivity index (χ0) is 22.5. The predicted octanol–water partition coefficient (Wildman–Crippen LogP) is 2.75. The summed E-state index contributed by atoms with van der Waals surface area (Å²) in [6.45, 7) is 7.32. The minimum Gasteiger partial charge on any atom is -0.403 e. The van der Waals surface area contributed by atoms with E-state index >= 15 is 0 Å². The van der Waals surface area contributed by atoms with E-state index in [0.29, 0.717) is 12.0 Å². The van der Waals surface area contributed by atoms with Gasteiger partial charge in [0.1, 0.15) is 11.2 Å². The average molecular weight is 438 g/mol. The molecule has 0 atom stereocenters. The third-order valence-corrected chi connectivity index (χ3v) is 5.53. The molecule has 1 aliphatic heterocycles. The van der Waals surface area contributed by atoms with Gasteiger partial charge in [-0.2, -0.15) is 4.98 Å². The summed E-state index contributed by atoms with van der Waals surface area (Å²) in [5, 5.41) is 4.55. The van der Waals surface area contributed by atoms with E-state index in [1.165, 1.54) is 11.8 Å². The van der Waals surface area contributed by atoms with E-state index < -0.39 is 11.2 Å². The lowest BCUT2D eigenvalue weighted by Gasteiger charge is -2.37. The van der Waals surface area contributed by atoms with Crippen LogP contribution in [-0.2, 0) is 6.42 Å². The van der Waals surface area contributed by atoms with Crippen LogP contribution in [0.2, 0.25) is 0 Å². The van der Waals surface area contributed by atoms with Gasteiger partial charge < -0.3 is 19.1 Å². The Morgan fingerprint density at radius 1 is 1.16 bits per heavy atom. The van der Waals surface area contributed by atoms with Crippen molar-refractivity contribution in [1.82, 2.24) is 14.9 Å². The van der Waals surface area contributed by atoms with Gasteiger partial charge in [0, 0.05) is 44.4 Å². The number of nitrogens with one attached hydrogen (secondary N) is 1. The number of hydrogen-bond acceptors (Lipinski definition) is 7. The molecule has 3 heterocycles. The van der Waals surface area contributed by atoms with E-state index in [1.54, 1.807) is 0 Å². The molecule has 4 rings (SSSR count). The first-order chi connectivity index (χ1) is 15.6. The molecular weight excluding hydrogens is 410 g/mol. The molecule has 0 aliphatic carbocycles. The zero-order valence-electron chi connectivity index (χ0n) is 18.3. The van der Waals surface area contributed by atoms with E-state index in [-0.39, 0.29) is 17.1 Å². The van der Waals surface area contributed by atoms with Crippen molar-refractivity contribution in [1.29, 1.82) is 0 Å². The number of aryl methyl sites for hydroxylation is 1. The van der Waals surface area contributed by atoms with E-state index in [1.807, 2.05) is 25.1 Å². The number of oxime groups is 1. The van der Waals surface area contributed by atoms with Crippen LogP contribution in [0.1, 0.15) is 32.3 Å². The molecule has 32 heavy (non-hydrogen) atoms. The van der Waals surface area contributed by atoms with Crippen molar-refractivity contribution in [3.05, 3.63) is 62.7 Å². The van der Waals surface area contributed by atoms with Crippen LogP contribution in [-0.4, -0.2) is 46.9 Å². The Bertz CT molecular complexity index is 1210.